The molecule has 0 spiro atoms. The largest absolute Gasteiger partial charge is 0.360 e. The number of hydrogen-bond acceptors (Lipinski definition) is 2. The molecule has 1 heterocycles. The summed E-state index contributed by atoms with van der Waals surface area (Å²) in [5.74, 6) is 0. The zero-order valence-electron chi connectivity index (χ0n) is 11.1. The van der Waals surface area contributed by atoms with E-state index in [0.717, 1.165) is 16.5 Å². The first-order chi connectivity index (χ1) is 9.78. The maximum absolute atomic E-state index is 3.51. The van der Waals surface area contributed by atoms with Gasteiger partial charge in [-0.2, -0.15) is 0 Å². The fourth-order valence-electron chi connectivity index (χ4n) is 2.21. The van der Waals surface area contributed by atoms with Gasteiger partial charge in [-0.1, -0.05) is 52.0 Å². The fraction of sp³-hybridized carbons (Fsp3) is 0.125. The number of nitrogens with one attached hydrogen (secondary N) is 2. The van der Waals surface area contributed by atoms with Gasteiger partial charge in [0.05, 0.1) is 0 Å². The number of aromatic amines is 1. The van der Waals surface area contributed by atoms with Crippen LogP contribution in [0.4, 0.5) is 0 Å². The summed E-state index contributed by atoms with van der Waals surface area (Å²) in [4.78, 5) is 5.89. The van der Waals surface area contributed by atoms with Crippen LogP contribution in [0.3, 0.4) is 0 Å². The van der Waals surface area contributed by atoms with Gasteiger partial charge < -0.3 is 10.3 Å². The molecule has 0 aliphatic carbocycles. The SMILES string of the molecule is CNCc1ccccc1Sc1c[nH]c2cc(Br)ccc12. The van der Waals surface area contributed by atoms with E-state index in [1.54, 1.807) is 0 Å². The van der Waals surface area contributed by atoms with Crippen molar-refractivity contribution >= 4 is 38.6 Å². The minimum absolute atomic E-state index is 0.886. The highest BCUT2D eigenvalue weighted by atomic mass is 79.9. The van der Waals surface area contributed by atoms with Crippen LogP contribution >= 0.6 is 27.7 Å². The Hall–Kier alpha value is -1.23. The molecule has 0 unspecified atom stereocenters. The Kier molecular flexibility index (Phi) is 4.15. The number of fused-ring (bicyclic) bond motifs is 1. The van der Waals surface area contributed by atoms with Crippen LogP contribution in [0.15, 0.2) is 62.9 Å². The molecule has 0 bridgehead atoms. The Balaban J connectivity index is 1.97. The van der Waals surface area contributed by atoms with E-state index in [4.69, 9.17) is 0 Å². The smallest absolute Gasteiger partial charge is 0.0477 e. The maximum Gasteiger partial charge on any atom is 0.0477 e. The number of hydrogen-bond donors (Lipinski definition) is 2. The Morgan fingerprint density at radius 1 is 1.15 bits per heavy atom. The van der Waals surface area contributed by atoms with E-state index in [1.165, 1.54) is 20.7 Å². The molecular formula is C16H15BrN2S. The molecule has 0 fully saturated rings. The van der Waals surface area contributed by atoms with Gasteiger partial charge in [-0.25, -0.2) is 0 Å². The lowest BCUT2D eigenvalue weighted by Gasteiger charge is -2.07. The van der Waals surface area contributed by atoms with Gasteiger partial charge in [0, 0.05) is 37.9 Å². The highest BCUT2D eigenvalue weighted by Crippen LogP contribution is 2.36. The van der Waals surface area contributed by atoms with E-state index < -0.39 is 0 Å². The van der Waals surface area contributed by atoms with Gasteiger partial charge in [0.1, 0.15) is 0 Å². The highest BCUT2D eigenvalue weighted by Gasteiger charge is 2.08. The predicted molar refractivity (Wildman–Crippen MR) is 89.3 cm³/mol. The van der Waals surface area contributed by atoms with Crippen LogP contribution in [0.2, 0.25) is 0 Å². The summed E-state index contributed by atoms with van der Waals surface area (Å²) < 4.78 is 1.10. The van der Waals surface area contributed by atoms with Gasteiger partial charge in [-0.15, -0.1) is 0 Å². The van der Waals surface area contributed by atoms with Gasteiger partial charge in [-0.3, -0.25) is 0 Å². The lowest BCUT2D eigenvalue weighted by molar-refractivity contribution is 0.803. The third kappa shape index (κ3) is 2.77. The second-order valence-corrected chi connectivity index (χ2v) is 6.58. The average Bonchev–Trinajstić information content (AvgIpc) is 2.83. The molecule has 0 amide bonds. The Bertz CT molecular complexity index is 736. The zero-order valence-corrected chi connectivity index (χ0v) is 13.5. The molecule has 0 radical (unpaired) electrons. The predicted octanol–water partition coefficient (Wildman–Crippen LogP) is 4.80. The van der Waals surface area contributed by atoms with Crippen LogP contribution in [-0.4, -0.2) is 12.0 Å². The van der Waals surface area contributed by atoms with Gasteiger partial charge in [-0.05, 0) is 30.8 Å². The molecule has 102 valence electrons. The maximum atomic E-state index is 3.51. The molecule has 0 saturated heterocycles. The number of H-pyrrole nitrogens is 1. The summed E-state index contributed by atoms with van der Waals surface area (Å²) in [7, 11) is 1.98. The van der Waals surface area contributed by atoms with Crippen LogP contribution in [0.1, 0.15) is 5.56 Å². The normalized spacial score (nSPS) is 11.1. The topological polar surface area (TPSA) is 27.8 Å². The first-order valence-electron chi connectivity index (χ1n) is 6.45. The van der Waals surface area contributed by atoms with E-state index in [-0.39, 0.29) is 0 Å². The number of rotatable bonds is 4. The third-order valence-electron chi connectivity index (χ3n) is 3.17. The van der Waals surface area contributed by atoms with E-state index in [9.17, 15) is 0 Å². The molecule has 0 aliphatic rings. The van der Waals surface area contributed by atoms with Crippen molar-refractivity contribution in [3.8, 4) is 0 Å². The number of halogens is 1. The molecule has 0 atom stereocenters. The fourth-order valence-corrected chi connectivity index (χ4v) is 3.64. The van der Waals surface area contributed by atoms with Crippen molar-refractivity contribution in [3.05, 3.63) is 58.7 Å². The Morgan fingerprint density at radius 2 is 2.00 bits per heavy atom. The number of aromatic nitrogens is 1. The van der Waals surface area contributed by atoms with Gasteiger partial charge in [0.15, 0.2) is 0 Å². The van der Waals surface area contributed by atoms with Crippen molar-refractivity contribution in [1.82, 2.24) is 10.3 Å². The van der Waals surface area contributed by atoms with Crippen molar-refractivity contribution in [2.75, 3.05) is 7.05 Å². The van der Waals surface area contributed by atoms with Crippen LogP contribution in [0.5, 0.6) is 0 Å². The van der Waals surface area contributed by atoms with Gasteiger partial charge in [0.25, 0.3) is 0 Å². The van der Waals surface area contributed by atoms with E-state index in [2.05, 4.69) is 74.9 Å². The second kappa shape index (κ2) is 6.04. The third-order valence-corrected chi connectivity index (χ3v) is 4.83. The van der Waals surface area contributed by atoms with Gasteiger partial charge >= 0.3 is 0 Å². The lowest BCUT2D eigenvalue weighted by atomic mass is 10.2. The first-order valence-corrected chi connectivity index (χ1v) is 8.06. The van der Waals surface area contributed by atoms with Gasteiger partial charge in [0.2, 0.25) is 0 Å². The monoisotopic (exact) mass is 346 g/mol. The standard InChI is InChI=1S/C16H15BrN2S/c1-18-9-11-4-2-3-5-15(11)20-16-10-19-14-8-12(17)6-7-13(14)16/h2-8,10,18-19H,9H2,1H3. The molecule has 0 saturated carbocycles. The summed E-state index contributed by atoms with van der Waals surface area (Å²) in [6.45, 7) is 0.886. The summed E-state index contributed by atoms with van der Waals surface area (Å²) in [5, 5.41) is 4.48. The molecule has 4 heteroatoms. The molecule has 20 heavy (non-hydrogen) atoms. The van der Waals surface area contributed by atoms with Crippen molar-refractivity contribution in [2.45, 2.75) is 16.3 Å². The van der Waals surface area contributed by atoms with Crippen LogP contribution < -0.4 is 5.32 Å². The summed E-state index contributed by atoms with van der Waals surface area (Å²) in [6, 6.07) is 14.9. The average molecular weight is 347 g/mol. The highest BCUT2D eigenvalue weighted by molar-refractivity contribution is 9.10. The summed E-state index contributed by atoms with van der Waals surface area (Å²) >= 11 is 5.32. The second-order valence-electron chi connectivity index (χ2n) is 4.58. The van der Waals surface area contributed by atoms with Crippen LogP contribution in [-0.2, 0) is 6.54 Å². The van der Waals surface area contributed by atoms with Crippen LogP contribution in [0.25, 0.3) is 10.9 Å². The molecule has 3 rings (SSSR count). The van der Waals surface area contributed by atoms with Crippen molar-refractivity contribution in [1.29, 1.82) is 0 Å². The first kappa shape index (κ1) is 13.7. The molecular weight excluding hydrogens is 332 g/mol. The molecule has 3 aromatic rings. The zero-order chi connectivity index (χ0) is 13.9. The van der Waals surface area contributed by atoms with E-state index in [0.29, 0.717) is 0 Å². The Morgan fingerprint density at radius 3 is 2.85 bits per heavy atom. The van der Waals surface area contributed by atoms with E-state index >= 15 is 0 Å². The molecule has 0 aliphatic heterocycles. The van der Waals surface area contributed by atoms with Crippen LogP contribution in [0, 0.1) is 0 Å². The quantitative estimate of drug-likeness (QED) is 0.709. The Labute approximate surface area is 131 Å². The van der Waals surface area contributed by atoms with E-state index in [1.807, 2.05) is 18.8 Å². The molecule has 1 aromatic heterocycles. The molecule has 2 N–H and O–H groups in total. The van der Waals surface area contributed by atoms with Crippen molar-refractivity contribution < 1.29 is 0 Å². The van der Waals surface area contributed by atoms with Crippen molar-refractivity contribution in [3.63, 3.8) is 0 Å². The molecule has 2 nitrogen and oxygen atoms in total. The summed E-state index contributed by atoms with van der Waals surface area (Å²) in [6.07, 6.45) is 2.08. The minimum atomic E-state index is 0.886. The summed E-state index contributed by atoms with van der Waals surface area (Å²) in [5.41, 5.74) is 2.49. The molecule has 2 aromatic carbocycles. The lowest BCUT2D eigenvalue weighted by Crippen LogP contribution is -2.05. The van der Waals surface area contributed by atoms with Crippen molar-refractivity contribution in [2.24, 2.45) is 0 Å². The number of benzene rings is 2. The minimum Gasteiger partial charge on any atom is -0.360 e.